The Morgan fingerprint density at radius 3 is 2.89 bits per heavy atom. The van der Waals surface area contributed by atoms with Gasteiger partial charge < -0.3 is 20.7 Å². The Balaban J connectivity index is 1.93. The van der Waals surface area contributed by atoms with Gasteiger partial charge in [0.25, 0.3) is 0 Å². The quantitative estimate of drug-likeness (QED) is 0.702. The second-order valence-corrected chi connectivity index (χ2v) is 5.13. The lowest BCUT2D eigenvalue weighted by Crippen LogP contribution is -2.56. The summed E-state index contributed by atoms with van der Waals surface area (Å²) < 4.78 is 18.8. The van der Waals surface area contributed by atoms with E-state index in [9.17, 15) is 9.18 Å². The molecule has 0 spiro atoms. The van der Waals surface area contributed by atoms with Gasteiger partial charge in [-0.2, -0.15) is 0 Å². The van der Waals surface area contributed by atoms with Gasteiger partial charge in [0, 0.05) is 26.2 Å². The minimum absolute atomic E-state index is 0.00111. The highest BCUT2D eigenvalue weighted by atomic mass is 19.1. The van der Waals surface area contributed by atoms with Crippen molar-refractivity contribution in [2.24, 2.45) is 11.7 Å². The zero-order valence-corrected chi connectivity index (χ0v) is 10.8. The summed E-state index contributed by atoms with van der Waals surface area (Å²) in [6.45, 7) is 2.16. The summed E-state index contributed by atoms with van der Waals surface area (Å²) in [5.74, 6) is -0.168. The van der Waals surface area contributed by atoms with Crippen LogP contribution in [0.25, 0.3) is 0 Å². The highest BCUT2D eigenvalue weighted by Gasteiger charge is 2.36. The number of amides is 1. The fourth-order valence-electron chi connectivity index (χ4n) is 2.77. The fraction of sp³-hybridized carbons (Fsp3) is 0.917. The molecule has 18 heavy (non-hydrogen) atoms. The summed E-state index contributed by atoms with van der Waals surface area (Å²) in [6.07, 6.45) is -0.175. The predicted octanol–water partition coefficient (Wildman–Crippen LogP) is -0.491. The lowest BCUT2D eigenvalue weighted by molar-refractivity contribution is -0.141. The topological polar surface area (TPSA) is 67.6 Å². The maximum Gasteiger partial charge on any atom is 0.227 e. The summed E-state index contributed by atoms with van der Waals surface area (Å²) in [5.41, 5.74) is 5.95. The second kappa shape index (κ2) is 5.95. The molecule has 0 bridgehead atoms. The molecule has 2 fully saturated rings. The standard InChI is InChI=1S/C12H22FN3O2/c1-18-11-3-5-16(7-9(11)13)12(17)8-2-4-15-6-10(8)14/h8-11,15H,2-7,14H2,1H3/t8?,9-,10?,11+/m1/s1. The first-order valence-corrected chi connectivity index (χ1v) is 6.55. The first kappa shape index (κ1) is 13.7. The fourth-order valence-corrected chi connectivity index (χ4v) is 2.77. The van der Waals surface area contributed by atoms with Crippen LogP contribution in [-0.4, -0.2) is 62.4 Å². The molecule has 2 saturated heterocycles. The highest BCUT2D eigenvalue weighted by molar-refractivity contribution is 5.80. The van der Waals surface area contributed by atoms with E-state index in [0.717, 1.165) is 13.0 Å². The smallest absolute Gasteiger partial charge is 0.227 e. The molecule has 0 aromatic heterocycles. The van der Waals surface area contributed by atoms with Crippen LogP contribution in [0.2, 0.25) is 0 Å². The molecule has 6 heteroatoms. The number of halogens is 1. The second-order valence-electron chi connectivity index (χ2n) is 5.13. The molecule has 0 saturated carbocycles. The van der Waals surface area contributed by atoms with Gasteiger partial charge in [-0.1, -0.05) is 0 Å². The third kappa shape index (κ3) is 2.81. The minimum atomic E-state index is -1.09. The van der Waals surface area contributed by atoms with E-state index in [0.29, 0.717) is 19.5 Å². The van der Waals surface area contributed by atoms with E-state index in [-0.39, 0.29) is 30.5 Å². The van der Waals surface area contributed by atoms with E-state index in [1.165, 1.54) is 7.11 Å². The number of carbonyl (C=O) groups excluding carboxylic acids is 1. The van der Waals surface area contributed by atoms with Crippen LogP contribution in [-0.2, 0) is 9.53 Å². The lowest BCUT2D eigenvalue weighted by Gasteiger charge is -2.38. The number of rotatable bonds is 2. The monoisotopic (exact) mass is 259 g/mol. The molecule has 104 valence electrons. The van der Waals surface area contributed by atoms with E-state index in [2.05, 4.69) is 5.32 Å². The van der Waals surface area contributed by atoms with Crippen molar-refractivity contribution in [3.05, 3.63) is 0 Å². The van der Waals surface area contributed by atoms with E-state index in [1.54, 1.807) is 4.90 Å². The number of ether oxygens (including phenoxy) is 1. The molecule has 3 N–H and O–H groups in total. The molecule has 0 aromatic rings. The number of nitrogens with one attached hydrogen (secondary N) is 1. The van der Waals surface area contributed by atoms with E-state index in [1.807, 2.05) is 0 Å². The van der Waals surface area contributed by atoms with Crippen LogP contribution in [0, 0.1) is 5.92 Å². The number of likely N-dealkylation sites (tertiary alicyclic amines) is 1. The Hall–Kier alpha value is -0.720. The Kier molecular flexibility index (Phi) is 4.53. The van der Waals surface area contributed by atoms with Gasteiger partial charge in [-0.05, 0) is 19.4 Å². The first-order chi connectivity index (χ1) is 8.63. The van der Waals surface area contributed by atoms with Crippen molar-refractivity contribution in [2.75, 3.05) is 33.3 Å². The number of hydrogen-bond acceptors (Lipinski definition) is 4. The molecule has 0 aromatic carbocycles. The van der Waals surface area contributed by atoms with Crippen LogP contribution in [0.4, 0.5) is 4.39 Å². The average Bonchev–Trinajstić information content (AvgIpc) is 2.38. The van der Waals surface area contributed by atoms with Crippen molar-refractivity contribution in [1.29, 1.82) is 0 Å². The number of alkyl halides is 1. The molecule has 2 heterocycles. The molecule has 2 unspecified atom stereocenters. The molecule has 0 aliphatic carbocycles. The maximum atomic E-state index is 13.8. The van der Waals surface area contributed by atoms with Crippen molar-refractivity contribution in [1.82, 2.24) is 10.2 Å². The molecule has 2 aliphatic heterocycles. The van der Waals surface area contributed by atoms with Crippen LogP contribution < -0.4 is 11.1 Å². The van der Waals surface area contributed by atoms with Crippen molar-refractivity contribution >= 4 is 5.91 Å². The largest absolute Gasteiger partial charge is 0.378 e. The highest BCUT2D eigenvalue weighted by Crippen LogP contribution is 2.21. The summed E-state index contributed by atoms with van der Waals surface area (Å²) in [4.78, 5) is 13.9. The number of nitrogens with two attached hydrogens (primary N) is 1. The van der Waals surface area contributed by atoms with Gasteiger partial charge in [0.05, 0.1) is 18.6 Å². The zero-order valence-electron chi connectivity index (χ0n) is 10.8. The zero-order chi connectivity index (χ0) is 13.1. The number of hydrogen-bond donors (Lipinski definition) is 2. The van der Waals surface area contributed by atoms with Crippen LogP contribution in [0.3, 0.4) is 0 Å². The summed E-state index contributed by atoms with van der Waals surface area (Å²) in [7, 11) is 1.51. The van der Waals surface area contributed by atoms with Crippen molar-refractivity contribution < 1.29 is 13.9 Å². The molecule has 2 rings (SSSR count). The van der Waals surface area contributed by atoms with Gasteiger partial charge in [-0.3, -0.25) is 4.79 Å². The Morgan fingerprint density at radius 1 is 1.50 bits per heavy atom. The van der Waals surface area contributed by atoms with E-state index in [4.69, 9.17) is 10.5 Å². The molecular weight excluding hydrogens is 237 g/mol. The van der Waals surface area contributed by atoms with Crippen molar-refractivity contribution in [3.8, 4) is 0 Å². The minimum Gasteiger partial charge on any atom is -0.378 e. The van der Waals surface area contributed by atoms with Gasteiger partial charge in [-0.25, -0.2) is 4.39 Å². The summed E-state index contributed by atoms with van der Waals surface area (Å²) in [6, 6.07) is -0.163. The number of nitrogens with zero attached hydrogens (tertiary/aromatic N) is 1. The number of piperidine rings is 2. The molecule has 2 aliphatic rings. The third-order valence-electron chi connectivity index (χ3n) is 3.94. The Morgan fingerprint density at radius 2 is 2.28 bits per heavy atom. The van der Waals surface area contributed by atoms with E-state index < -0.39 is 6.17 Å². The van der Waals surface area contributed by atoms with Gasteiger partial charge in [0.1, 0.15) is 6.17 Å². The predicted molar refractivity (Wildman–Crippen MR) is 65.8 cm³/mol. The van der Waals surface area contributed by atoms with Crippen LogP contribution in [0.1, 0.15) is 12.8 Å². The maximum absolute atomic E-state index is 13.8. The third-order valence-corrected chi connectivity index (χ3v) is 3.94. The molecular formula is C12H22FN3O2. The molecule has 4 atom stereocenters. The first-order valence-electron chi connectivity index (χ1n) is 6.55. The Labute approximate surface area is 107 Å². The van der Waals surface area contributed by atoms with Crippen LogP contribution >= 0.6 is 0 Å². The summed E-state index contributed by atoms with van der Waals surface area (Å²) in [5, 5.41) is 3.16. The molecule has 5 nitrogen and oxygen atoms in total. The van der Waals surface area contributed by atoms with Crippen LogP contribution in [0.15, 0.2) is 0 Å². The SMILES string of the molecule is CO[C@H]1CCN(C(=O)C2CCNCC2N)C[C@H]1F. The number of carbonyl (C=O) groups is 1. The van der Waals surface area contributed by atoms with Crippen molar-refractivity contribution in [3.63, 3.8) is 0 Å². The van der Waals surface area contributed by atoms with E-state index >= 15 is 0 Å². The van der Waals surface area contributed by atoms with Crippen LogP contribution in [0.5, 0.6) is 0 Å². The lowest BCUT2D eigenvalue weighted by atomic mass is 9.91. The summed E-state index contributed by atoms with van der Waals surface area (Å²) >= 11 is 0. The molecule has 0 radical (unpaired) electrons. The molecule has 1 amide bonds. The van der Waals surface area contributed by atoms with Gasteiger partial charge >= 0.3 is 0 Å². The Bertz CT molecular complexity index is 303. The average molecular weight is 259 g/mol. The van der Waals surface area contributed by atoms with Gasteiger partial charge in [0.15, 0.2) is 0 Å². The van der Waals surface area contributed by atoms with Gasteiger partial charge in [-0.15, -0.1) is 0 Å². The normalized spacial score (nSPS) is 37.6. The number of methoxy groups -OCH3 is 1. The van der Waals surface area contributed by atoms with Crippen molar-refractivity contribution in [2.45, 2.75) is 31.2 Å². The van der Waals surface area contributed by atoms with Gasteiger partial charge in [0.2, 0.25) is 5.91 Å².